The van der Waals surface area contributed by atoms with Crippen LogP contribution in [-0.2, 0) is 0 Å². The van der Waals surface area contributed by atoms with Crippen LogP contribution in [0.15, 0.2) is 17.1 Å². The number of nitriles is 1. The fourth-order valence-corrected chi connectivity index (χ4v) is 1.53. The Labute approximate surface area is 88.9 Å². The molecule has 0 fully saturated rings. The van der Waals surface area contributed by atoms with Crippen molar-refractivity contribution in [3.63, 3.8) is 0 Å². The van der Waals surface area contributed by atoms with E-state index < -0.39 is 22.4 Å². The van der Waals surface area contributed by atoms with E-state index in [0.29, 0.717) is 0 Å². The van der Waals surface area contributed by atoms with E-state index in [1.165, 1.54) is 6.92 Å². The van der Waals surface area contributed by atoms with Crippen LogP contribution in [0.3, 0.4) is 0 Å². The summed E-state index contributed by atoms with van der Waals surface area (Å²) >= 11 is 0. The Bertz CT molecular complexity index is 683. The summed E-state index contributed by atoms with van der Waals surface area (Å²) in [7, 11) is 0. The average Bonchev–Trinajstić information content (AvgIpc) is 2.26. The molecule has 0 bridgehead atoms. The van der Waals surface area contributed by atoms with Gasteiger partial charge in [0, 0.05) is 6.20 Å². The van der Waals surface area contributed by atoms with E-state index in [9.17, 15) is 13.6 Å². The fraction of sp³-hybridized carbons (Fsp3) is 0.0909. The maximum Gasteiger partial charge on any atom is 0.210 e. The molecular weight excluding hydrogens is 214 g/mol. The number of fused-ring (bicyclic) bond motifs is 1. The summed E-state index contributed by atoms with van der Waals surface area (Å²) in [4.78, 5) is 14.0. The number of benzene rings is 1. The summed E-state index contributed by atoms with van der Waals surface area (Å²) in [6.07, 6.45) is 1.07. The van der Waals surface area contributed by atoms with E-state index in [-0.39, 0.29) is 16.6 Å². The second-order valence-corrected chi connectivity index (χ2v) is 3.38. The van der Waals surface area contributed by atoms with Gasteiger partial charge in [-0.1, -0.05) is 0 Å². The molecule has 0 aliphatic carbocycles. The molecule has 5 heteroatoms. The molecule has 0 saturated carbocycles. The van der Waals surface area contributed by atoms with Gasteiger partial charge in [-0.15, -0.1) is 0 Å². The summed E-state index contributed by atoms with van der Waals surface area (Å²) in [5.41, 5.74) is -1.22. The van der Waals surface area contributed by atoms with Gasteiger partial charge in [0.15, 0.2) is 0 Å². The molecular formula is C11H6F2N2O. The Hall–Kier alpha value is -2.22. The van der Waals surface area contributed by atoms with Gasteiger partial charge >= 0.3 is 0 Å². The number of halogens is 2. The number of H-pyrrole nitrogens is 1. The molecule has 0 aliphatic heterocycles. The SMILES string of the molecule is Cc1cc(F)c2[nH]cc(C#N)c(=O)c2c1F. The highest BCUT2D eigenvalue weighted by molar-refractivity contribution is 5.81. The molecule has 1 aromatic heterocycles. The standard InChI is InChI=1S/C11H6F2N2O/c1-5-2-7(12)10-8(9(5)13)11(16)6(3-14)4-15-10/h2,4H,1H3,(H,15,16). The molecule has 1 heterocycles. The van der Waals surface area contributed by atoms with Crippen molar-refractivity contribution in [2.75, 3.05) is 0 Å². The van der Waals surface area contributed by atoms with Gasteiger partial charge in [0.2, 0.25) is 5.43 Å². The van der Waals surface area contributed by atoms with E-state index in [1.807, 2.05) is 0 Å². The topological polar surface area (TPSA) is 56.6 Å². The molecule has 0 spiro atoms. The van der Waals surface area contributed by atoms with E-state index in [1.54, 1.807) is 6.07 Å². The lowest BCUT2D eigenvalue weighted by atomic mass is 10.1. The van der Waals surface area contributed by atoms with Crippen LogP contribution in [0.25, 0.3) is 10.9 Å². The van der Waals surface area contributed by atoms with Crippen molar-refractivity contribution < 1.29 is 8.78 Å². The number of aryl methyl sites for hydroxylation is 1. The molecule has 0 saturated heterocycles. The molecule has 1 aromatic carbocycles. The maximum atomic E-state index is 13.7. The first kappa shape index (κ1) is 10.3. The van der Waals surface area contributed by atoms with Gasteiger partial charge in [-0.2, -0.15) is 5.26 Å². The summed E-state index contributed by atoms with van der Waals surface area (Å²) in [6.45, 7) is 1.36. The van der Waals surface area contributed by atoms with Gasteiger partial charge < -0.3 is 4.98 Å². The predicted octanol–water partition coefficient (Wildman–Crippen LogP) is 1.99. The Balaban J connectivity index is 3.10. The maximum absolute atomic E-state index is 13.7. The highest BCUT2D eigenvalue weighted by atomic mass is 19.1. The Kier molecular flexibility index (Phi) is 2.20. The molecule has 0 atom stereocenters. The lowest BCUT2D eigenvalue weighted by molar-refractivity contribution is 0.607. The average molecular weight is 220 g/mol. The van der Waals surface area contributed by atoms with Crippen LogP contribution in [0, 0.1) is 29.9 Å². The third-order valence-electron chi connectivity index (χ3n) is 2.35. The fourth-order valence-electron chi connectivity index (χ4n) is 1.53. The van der Waals surface area contributed by atoms with Gasteiger partial charge in [0.25, 0.3) is 0 Å². The molecule has 2 rings (SSSR count). The van der Waals surface area contributed by atoms with Crippen molar-refractivity contribution in [3.05, 3.63) is 45.2 Å². The largest absolute Gasteiger partial charge is 0.357 e. The quantitative estimate of drug-likeness (QED) is 0.738. The zero-order valence-corrected chi connectivity index (χ0v) is 8.27. The van der Waals surface area contributed by atoms with Gasteiger partial charge in [-0.25, -0.2) is 8.78 Å². The van der Waals surface area contributed by atoms with E-state index in [0.717, 1.165) is 12.3 Å². The van der Waals surface area contributed by atoms with Gasteiger partial charge in [-0.05, 0) is 18.6 Å². The summed E-state index contributed by atoms with van der Waals surface area (Å²) in [6, 6.07) is 2.62. The van der Waals surface area contributed by atoms with Gasteiger partial charge in [0.05, 0.1) is 10.9 Å². The van der Waals surface area contributed by atoms with Crippen molar-refractivity contribution in [1.29, 1.82) is 5.26 Å². The third kappa shape index (κ3) is 1.27. The minimum absolute atomic E-state index is 0.0330. The van der Waals surface area contributed by atoms with E-state index >= 15 is 0 Å². The second-order valence-electron chi connectivity index (χ2n) is 3.38. The Morgan fingerprint density at radius 1 is 1.44 bits per heavy atom. The highest BCUT2D eigenvalue weighted by Gasteiger charge is 2.15. The number of aromatic nitrogens is 1. The van der Waals surface area contributed by atoms with E-state index in [4.69, 9.17) is 5.26 Å². The first-order valence-corrected chi connectivity index (χ1v) is 4.46. The Morgan fingerprint density at radius 3 is 2.75 bits per heavy atom. The minimum atomic E-state index is -0.797. The molecule has 1 N–H and O–H groups in total. The summed E-state index contributed by atoms with van der Waals surface area (Å²) in [5, 5.41) is 8.22. The lowest BCUT2D eigenvalue weighted by Gasteiger charge is -2.03. The first-order valence-electron chi connectivity index (χ1n) is 4.46. The number of pyridine rings is 1. The second kappa shape index (κ2) is 3.42. The molecule has 16 heavy (non-hydrogen) atoms. The Morgan fingerprint density at radius 2 is 2.12 bits per heavy atom. The van der Waals surface area contributed by atoms with Crippen LogP contribution in [0.1, 0.15) is 11.1 Å². The predicted molar refractivity (Wildman–Crippen MR) is 53.9 cm³/mol. The zero-order valence-electron chi connectivity index (χ0n) is 8.27. The summed E-state index contributed by atoms with van der Waals surface area (Å²) < 4.78 is 27.1. The lowest BCUT2D eigenvalue weighted by Crippen LogP contribution is -2.10. The van der Waals surface area contributed by atoms with Gasteiger partial charge in [0.1, 0.15) is 23.3 Å². The number of nitrogens with zero attached hydrogens (tertiary/aromatic N) is 1. The van der Waals surface area contributed by atoms with Crippen LogP contribution >= 0.6 is 0 Å². The minimum Gasteiger partial charge on any atom is -0.357 e. The number of aromatic amines is 1. The van der Waals surface area contributed by atoms with Gasteiger partial charge in [-0.3, -0.25) is 4.79 Å². The summed E-state index contributed by atoms with van der Waals surface area (Å²) in [5.74, 6) is -1.51. The smallest absolute Gasteiger partial charge is 0.210 e. The van der Waals surface area contributed by atoms with E-state index in [2.05, 4.69) is 4.98 Å². The van der Waals surface area contributed by atoms with Crippen molar-refractivity contribution >= 4 is 10.9 Å². The number of rotatable bonds is 0. The van der Waals surface area contributed by atoms with Crippen LogP contribution in [0.5, 0.6) is 0 Å². The molecule has 0 aliphatic rings. The normalized spacial score (nSPS) is 10.4. The van der Waals surface area contributed by atoms with Crippen LogP contribution < -0.4 is 5.43 Å². The number of nitrogens with one attached hydrogen (secondary N) is 1. The molecule has 0 amide bonds. The van der Waals surface area contributed by atoms with Crippen molar-refractivity contribution in [3.8, 4) is 6.07 Å². The number of hydrogen-bond acceptors (Lipinski definition) is 2. The molecule has 3 nitrogen and oxygen atoms in total. The van der Waals surface area contributed by atoms with Crippen LogP contribution in [-0.4, -0.2) is 4.98 Å². The van der Waals surface area contributed by atoms with Crippen molar-refractivity contribution in [2.45, 2.75) is 6.92 Å². The van der Waals surface area contributed by atoms with Crippen LogP contribution in [0.2, 0.25) is 0 Å². The number of hydrogen-bond donors (Lipinski definition) is 1. The zero-order chi connectivity index (χ0) is 11.9. The van der Waals surface area contributed by atoms with Crippen LogP contribution in [0.4, 0.5) is 8.78 Å². The highest BCUT2D eigenvalue weighted by Crippen LogP contribution is 2.19. The molecule has 0 unspecified atom stereocenters. The monoisotopic (exact) mass is 220 g/mol. The molecule has 2 aromatic rings. The van der Waals surface area contributed by atoms with Crippen molar-refractivity contribution in [2.24, 2.45) is 0 Å². The third-order valence-corrected chi connectivity index (χ3v) is 2.35. The van der Waals surface area contributed by atoms with Crippen molar-refractivity contribution in [1.82, 2.24) is 4.98 Å². The molecule has 80 valence electrons. The first-order chi connectivity index (χ1) is 7.56. The molecule has 0 radical (unpaired) electrons.